The minimum absolute atomic E-state index is 0.0918. The third-order valence-corrected chi connectivity index (χ3v) is 6.08. The highest BCUT2D eigenvalue weighted by molar-refractivity contribution is 7.91. The molecule has 132 valence electrons. The van der Waals surface area contributed by atoms with Crippen LogP contribution < -0.4 is 16.4 Å². The lowest BCUT2D eigenvalue weighted by molar-refractivity contribution is -0.122. The fourth-order valence-electron chi connectivity index (χ4n) is 2.82. The Kier molecular flexibility index (Phi) is 4.58. The van der Waals surface area contributed by atoms with Crippen molar-refractivity contribution in [2.24, 2.45) is 11.7 Å². The van der Waals surface area contributed by atoms with Crippen molar-refractivity contribution in [1.82, 2.24) is 9.97 Å². The first-order chi connectivity index (χ1) is 11.9. The second-order valence-corrected chi connectivity index (χ2v) is 7.82. The molecule has 1 aliphatic heterocycles. The summed E-state index contributed by atoms with van der Waals surface area (Å²) in [5, 5.41) is 0. The van der Waals surface area contributed by atoms with Crippen molar-refractivity contribution in [1.29, 1.82) is 0 Å². The highest BCUT2D eigenvalue weighted by Gasteiger charge is 2.26. The third-order valence-electron chi connectivity index (χ3n) is 4.29. The van der Waals surface area contributed by atoms with E-state index in [9.17, 15) is 13.2 Å². The molecule has 2 heterocycles. The first-order valence-corrected chi connectivity index (χ1v) is 9.35. The highest BCUT2D eigenvalue weighted by Crippen LogP contribution is 2.27. The molecule has 9 heteroatoms. The Morgan fingerprint density at radius 3 is 2.36 bits per heavy atom. The maximum absolute atomic E-state index is 12.6. The Morgan fingerprint density at radius 2 is 1.80 bits per heavy atom. The van der Waals surface area contributed by atoms with Crippen LogP contribution in [0.2, 0.25) is 0 Å². The lowest BCUT2D eigenvalue weighted by Gasteiger charge is -2.30. The Bertz CT molecular complexity index is 878. The molecular formula is C16H19N5O3S. The molecule has 0 saturated carbocycles. The zero-order valence-corrected chi connectivity index (χ0v) is 14.3. The van der Waals surface area contributed by atoms with Gasteiger partial charge in [-0.15, -0.1) is 0 Å². The number of carbonyl (C=O) groups is 1. The van der Waals surface area contributed by atoms with Crippen LogP contribution >= 0.6 is 0 Å². The van der Waals surface area contributed by atoms with Crippen LogP contribution in [-0.4, -0.2) is 37.4 Å². The molecule has 0 radical (unpaired) electrons. The summed E-state index contributed by atoms with van der Waals surface area (Å²) in [5.41, 5.74) is 11.2. The number of anilines is 2. The number of sulfone groups is 1. The number of amides is 1. The van der Waals surface area contributed by atoms with E-state index in [1.165, 1.54) is 18.3 Å². The Labute approximate surface area is 145 Å². The van der Waals surface area contributed by atoms with E-state index in [0.717, 1.165) is 0 Å². The molecule has 0 spiro atoms. The molecule has 1 aromatic carbocycles. The summed E-state index contributed by atoms with van der Waals surface area (Å²) in [4.78, 5) is 21.4. The van der Waals surface area contributed by atoms with Gasteiger partial charge < -0.3 is 16.4 Å². The summed E-state index contributed by atoms with van der Waals surface area (Å²) in [6.07, 6.45) is 2.46. The molecule has 0 aliphatic carbocycles. The largest absolute Gasteiger partial charge is 0.382 e. The number of carbonyl (C=O) groups excluding carboxylic acids is 1. The highest BCUT2D eigenvalue weighted by atomic mass is 32.2. The number of piperidine rings is 1. The number of nitrogens with zero attached hydrogens (tertiary/aromatic N) is 3. The van der Waals surface area contributed by atoms with Gasteiger partial charge in [0.25, 0.3) is 0 Å². The predicted molar refractivity (Wildman–Crippen MR) is 92.5 cm³/mol. The second-order valence-electron chi connectivity index (χ2n) is 5.90. The first-order valence-electron chi connectivity index (χ1n) is 7.86. The van der Waals surface area contributed by atoms with E-state index in [2.05, 4.69) is 9.97 Å². The summed E-state index contributed by atoms with van der Waals surface area (Å²) >= 11 is 0. The van der Waals surface area contributed by atoms with E-state index in [0.29, 0.717) is 31.9 Å². The standard InChI is InChI=1S/C16H19N5O3S/c17-14-13(25(23,24)12-4-2-1-3-5-12)10-19-16(20-14)21-8-6-11(7-9-21)15(18)22/h1-5,10-11H,6-9H2,(H2,18,22)(H2,17,19,20). The molecule has 1 saturated heterocycles. The molecule has 1 fully saturated rings. The van der Waals surface area contributed by atoms with Crippen LogP contribution in [0.1, 0.15) is 12.8 Å². The fraction of sp³-hybridized carbons (Fsp3) is 0.312. The normalized spacial score (nSPS) is 15.9. The number of primary amides is 1. The van der Waals surface area contributed by atoms with Gasteiger partial charge in [0.15, 0.2) is 0 Å². The van der Waals surface area contributed by atoms with E-state index in [1.54, 1.807) is 18.2 Å². The van der Waals surface area contributed by atoms with Gasteiger partial charge in [-0.05, 0) is 25.0 Å². The lowest BCUT2D eigenvalue weighted by atomic mass is 9.96. The molecule has 1 aromatic heterocycles. The maximum atomic E-state index is 12.6. The first kappa shape index (κ1) is 17.2. The zero-order valence-electron chi connectivity index (χ0n) is 13.5. The van der Waals surface area contributed by atoms with Crippen LogP contribution in [0.4, 0.5) is 11.8 Å². The monoisotopic (exact) mass is 361 g/mol. The summed E-state index contributed by atoms with van der Waals surface area (Å²) in [7, 11) is -3.77. The van der Waals surface area contributed by atoms with E-state index in [4.69, 9.17) is 11.5 Å². The fourth-order valence-corrected chi connectivity index (χ4v) is 4.11. The minimum atomic E-state index is -3.77. The molecule has 8 nitrogen and oxygen atoms in total. The number of nitrogen functional groups attached to an aromatic ring is 1. The van der Waals surface area contributed by atoms with Gasteiger partial charge in [0, 0.05) is 19.0 Å². The topological polar surface area (TPSA) is 132 Å². The summed E-state index contributed by atoms with van der Waals surface area (Å²) in [6, 6.07) is 8.01. The van der Waals surface area contributed by atoms with Crippen molar-refractivity contribution < 1.29 is 13.2 Å². The van der Waals surface area contributed by atoms with Gasteiger partial charge in [-0.2, -0.15) is 4.98 Å². The number of aromatic nitrogens is 2. The molecule has 25 heavy (non-hydrogen) atoms. The van der Waals surface area contributed by atoms with Crippen molar-refractivity contribution in [3.05, 3.63) is 36.5 Å². The lowest BCUT2D eigenvalue weighted by Crippen LogP contribution is -2.39. The van der Waals surface area contributed by atoms with Gasteiger partial charge in [0.1, 0.15) is 10.7 Å². The summed E-state index contributed by atoms with van der Waals surface area (Å²) in [5.74, 6) is -0.186. The van der Waals surface area contributed by atoms with Gasteiger partial charge >= 0.3 is 0 Å². The van der Waals surface area contributed by atoms with Crippen LogP contribution in [0, 0.1) is 5.92 Å². The third kappa shape index (κ3) is 3.41. The van der Waals surface area contributed by atoms with Crippen LogP contribution in [0.5, 0.6) is 0 Å². The van der Waals surface area contributed by atoms with E-state index in [1.807, 2.05) is 4.90 Å². The predicted octanol–water partition coefficient (Wildman–Crippen LogP) is 0.593. The van der Waals surface area contributed by atoms with Gasteiger partial charge in [0.2, 0.25) is 21.7 Å². The molecule has 4 N–H and O–H groups in total. The molecule has 0 atom stereocenters. The Balaban J connectivity index is 1.84. The molecule has 1 amide bonds. The van der Waals surface area contributed by atoms with Crippen LogP contribution in [0.3, 0.4) is 0 Å². The smallest absolute Gasteiger partial charge is 0.227 e. The van der Waals surface area contributed by atoms with Gasteiger partial charge in [-0.3, -0.25) is 4.79 Å². The zero-order chi connectivity index (χ0) is 18.0. The summed E-state index contributed by atoms with van der Waals surface area (Å²) < 4.78 is 25.3. The van der Waals surface area contributed by atoms with E-state index < -0.39 is 9.84 Å². The number of nitrogens with two attached hydrogens (primary N) is 2. The van der Waals surface area contributed by atoms with Crippen LogP contribution in [-0.2, 0) is 14.6 Å². The molecule has 0 bridgehead atoms. The van der Waals surface area contributed by atoms with Crippen molar-refractivity contribution in [2.75, 3.05) is 23.7 Å². The SMILES string of the molecule is NC(=O)C1CCN(c2ncc(S(=O)(=O)c3ccccc3)c(N)n2)CC1. The maximum Gasteiger partial charge on any atom is 0.227 e. The number of benzene rings is 1. The average Bonchev–Trinajstić information content (AvgIpc) is 2.62. The van der Waals surface area contributed by atoms with Gasteiger partial charge in [0.05, 0.1) is 11.1 Å². The summed E-state index contributed by atoms with van der Waals surface area (Å²) in [6.45, 7) is 1.13. The van der Waals surface area contributed by atoms with E-state index in [-0.39, 0.29) is 27.4 Å². The molecule has 3 rings (SSSR count). The van der Waals surface area contributed by atoms with Crippen molar-refractivity contribution in [3.8, 4) is 0 Å². The number of hydrogen-bond donors (Lipinski definition) is 2. The average molecular weight is 361 g/mol. The van der Waals surface area contributed by atoms with Crippen molar-refractivity contribution in [3.63, 3.8) is 0 Å². The number of rotatable bonds is 4. The quantitative estimate of drug-likeness (QED) is 0.814. The minimum Gasteiger partial charge on any atom is -0.382 e. The second kappa shape index (κ2) is 6.67. The Hall–Kier alpha value is -2.68. The molecular weight excluding hydrogens is 342 g/mol. The Morgan fingerprint density at radius 1 is 1.16 bits per heavy atom. The van der Waals surface area contributed by atoms with Crippen molar-refractivity contribution in [2.45, 2.75) is 22.6 Å². The van der Waals surface area contributed by atoms with Crippen molar-refractivity contribution >= 4 is 27.5 Å². The molecule has 2 aromatic rings. The van der Waals surface area contributed by atoms with Crippen LogP contribution in [0.25, 0.3) is 0 Å². The van der Waals surface area contributed by atoms with Crippen LogP contribution in [0.15, 0.2) is 46.3 Å². The van der Waals surface area contributed by atoms with Gasteiger partial charge in [-0.1, -0.05) is 18.2 Å². The molecule has 0 unspecified atom stereocenters. The number of hydrogen-bond acceptors (Lipinski definition) is 7. The molecule has 1 aliphatic rings. The van der Waals surface area contributed by atoms with E-state index >= 15 is 0 Å². The van der Waals surface area contributed by atoms with Gasteiger partial charge in [-0.25, -0.2) is 13.4 Å².